The van der Waals surface area contributed by atoms with Crippen LogP contribution in [0.3, 0.4) is 0 Å². The Kier molecular flexibility index (Phi) is 4.85. The Bertz CT molecular complexity index is 525. The van der Waals surface area contributed by atoms with Gasteiger partial charge in [0.15, 0.2) is 0 Å². The van der Waals surface area contributed by atoms with Gasteiger partial charge in [0.2, 0.25) is 0 Å². The zero-order chi connectivity index (χ0) is 15.6. The fourth-order valence-corrected chi connectivity index (χ4v) is 4.15. The maximum atomic E-state index is 10.0. The van der Waals surface area contributed by atoms with E-state index in [1.807, 2.05) is 23.9 Å². The van der Waals surface area contributed by atoms with Crippen molar-refractivity contribution in [1.82, 2.24) is 4.90 Å². The Hall–Kier alpha value is -0.910. The Labute approximate surface area is 136 Å². The van der Waals surface area contributed by atoms with Gasteiger partial charge < -0.3 is 19.5 Å². The van der Waals surface area contributed by atoms with Crippen LogP contribution in [0.5, 0.6) is 11.5 Å². The van der Waals surface area contributed by atoms with E-state index in [2.05, 4.69) is 17.2 Å². The number of hydrogen-bond acceptors (Lipinski definition) is 5. The van der Waals surface area contributed by atoms with E-state index in [9.17, 15) is 5.11 Å². The van der Waals surface area contributed by atoms with Crippen LogP contribution in [-0.4, -0.2) is 62.0 Å². The molecule has 2 atom stereocenters. The van der Waals surface area contributed by atoms with Crippen LogP contribution in [0.1, 0.15) is 17.9 Å². The van der Waals surface area contributed by atoms with Gasteiger partial charge in [0, 0.05) is 30.5 Å². The molecule has 0 aromatic heterocycles. The molecule has 1 N–H and O–H groups in total. The summed E-state index contributed by atoms with van der Waals surface area (Å²) in [4.78, 5) is 2.49. The SMILES string of the molecule is COc1ccc2c(c1)OC[C@@]1(CO)CN(CCCSC)C[C@@H]21. The largest absolute Gasteiger partial charge is 0.497 e. The highest BCUT2D eigenvalue weighted by atomic mass is 32.2. The van der Waals surface area contributed by atoms with E-state index in [0.29, 0.717) is 12.5 Å². The minimum atomic E-state index is -0.152. The lowest BCUT2D eigenvalue weighted by Gasteiger charge is -2.38. The van der Waals surface area contributed by atoms with E-state index in [-0.39, 0.29) is 12.0 Å². The monoisotopic (exact) mass is 323 g/mol. The van der Waals surface area contributed by atoms with Crippen molar-refractivity contribution in [2.75, 3.05) is 52.0 Å². The number of aliphatic hydroxyl groups excluding tert-OH is 1. The highest BCUT2D eigenvalue weighted by Gasteiger charge is 2.50. The summed E-state index contributed by atoms with van der Waals surface area (Å²) in [5.74, 6) is 3.28. The number of fused-ring (bicyclic) bond motifs is 3. The van der Waals surface area contributed by atoms with Crippen LogP contribution in [0.2, 0.25) is 0 Å². The zero-order valence-corrected chi connectivity index (χ0v) is 14.2. The second kappa shape index (κ2) is 6.69. The predicted octanol–water partition coefficient (Wildman–Crippen LogP) is 2.22. The summed E-state index contributed by atoms with van der Waals surface area (Å²) in [5, 5.41) is 10.0. The number of thioether (sulfide) groups is 1. The Morgan fingerprint density at radius 1 is 1.50 bits per heavy atom. The number of rotatable bonds is 6. The van der Waals surface area contributed by atoms with E-state index in [1.165, 1.54) is 17.7 Å². The third-order valence-corrected chi connectivity index (χ3v) is 5.66. The van der Waals surface area contributed by atoms with Gasteiger partial charge in [-0.2, -0.15) is 11.8 Å². The van der Waals surface area contributed by atoms with Crippen LogP contribution in [-0.2, 0) is 0 Å². The van der Waals surface area contributed by atoms with E-state index in [4.69, 9.17) is 9.47 Å². The number of methoxy groups -OCH3 is 1. The number of benzene rings is 1. The van der Waals surface area contributed by atoms with Crippen molar-refractivity contribution in [3.05, 3.63) is 23.8 Å². The maximum absolute atomic E-state index is 10.0. The molecule has 0 unspecified atom stereocenters. The normalized spacial score (nSPS) is 27.1. The van der Waals surface area contributed by atoms with Gasteiger partial charge in [-0.15, -0.1) is 0 Å². The first-order valence-electron chi connectivity index (χ1n) is 7.85. The lowest BCUT2D eigenvalue weighted by atomic mass is 9.74. The molecule has 1 saturated heterocycles. The summed E-state index contributed by atoms with van der Waals surface area (Å²) >= 11 is 1.89. The van der Waals surface area contributed by atoms with Crippen LogP contribution in [0.25, 0.3) is 0 Å². The van der Waals surface area contributed by atoms with Crippen molar-refractivity contribution in [2.24, 2.45) is 5.41 Å². The highest BCUT2D eigenvalue weighted by Crippen LogP contribution is 2.50. The fourth-order valence-electron chi connectivity index (χ4n) is 3.73. The van der Waals surface area contributed by atoms with Crippen LogP contribution >= 0.6 is 11.8 Å². The molecule has 22 heavy (non-hydrogen) atoms. The average molecular weight is 323 g/mol. The predicted molar refractivity (Wildman–Crippen MR) is 90.2 cm³/mol. The molecular formula is C17H25NO3S. The third kappa shape index (κ3) is 2.82. The molecule has 2 heterocycles. The molecule has 0 spiro atoms. The highest BCUT2D eigenvalue weighted by molar-refractivity contribution is 7.98. The second-order valence-corrected chi connectivity index (χ2v) is 7.33. The number of ether oxygens (including phenoxy) is 2. The molecule has 0 saturated carbocycles. The first kappa shape index (κ1) is 16.0. The van der Waals surface area contributed by atoms with Gasteiger partial charge in [-0.25, -0.2) is 0 Å². The molecule has 0 radical (unpaired) electrons. The summed E-state index contributed by atoms with van der Waals surface area (Å²) < 4.78 is 11.3. The number of nitrogens with zero attached hydrogens (tertiary/aromatic N) is 1. The molecule has 122 valence electrons. The Balaban J connectivity index is 1.81. The topological polar surface area (TPSA) is 41.9 Å². The van der Waals surface area contributed by atoms with E-state index in [0.717, 1.165) is 31.1 Å². The Morgan fingerprint density at radius 2 is 2.36 bits per heavy atom. The molecule has 5 heteroatoms. The van der Waals surface area contributed by atoms with Crippen molar-refractivity contribution in [1.29, 1.82) is 0 Å². The minimum absolute atomic E-state index is 0.152. The van der Waals surface area contributed by atoms with Crippen LogP contribution in [0.15, 0.2) is 18.2 Å². The first-order chi connectivity index (χ1) is 10.7. The molecule has 0 bridgehead atoms. The molecule has 0 aliphatic carbocycles. The number of aliphatic hydroxyl groups is 1. The van der Waals surface area contributed by atoms with Gasteiger partial charge >= 0.3 is 0 Å². The number of likely N-dealkylation sites (tertiary alicyclic amines) is 1. The molecular weight excluding hydrogens is 298 g/mol. The van der Waals surface area contributed by atoms with Crippen LogP contribution in [0, 0.1) is 5.41 Å². The first-order valence-corrected chi connectivity index (χ1v) is 9.25. The lowest BCUT2D eigenvalue weighted by molar-refractivity contribution is 0.0461. The van der Waals surface area contributed by atoms with Crippen LogP contribution in [0.4, 0.5) is 0 Å². The van der Waals surface area contributed by atoms with Gasteiger partial charge in [-0.3, -0.25) is 0 Å². The fraction of sp³-hybridized carbons (Fsp3) is 0.647. The smallest absolute Gasteiger partial charge is 0.126 e. The third-order valence-electron chi connectivity index (χ3n) is 4.97. The molecule has 2 aliphatic heterocycles. The van der Waals surface area contributed by atoms with Gasteiger partial charge in [-0.05, 0) is 36.6 Å². The molecule has 2 aliphatic rings. The summed E-state index contributed by atoms with van der Waals surface area (Å²) in [7, 11) is 1.67. The molecule has 1 fully saturated rings. The van der Waals surface area contributed by atoms with E-state index < -0.39 is 0 Å². The maximum Gasteiger partial charge on any atom is 0.126 e. The van der Waals surface area contributed by atoms with Gasteiger partial charge in [0.1, 0.15) is 11.5 Å². The molecule has 1 aromatic carbocycles. The standard InChI is InChI=1S/C17H25NO3S/c1-20-13-4-5-14-15-9-18(6-3-7-22-2)10-17(15,11-19)12-21-16(14)8-13/h4-5,8,15,19H,3,6-7,9-12H2,1-2H3/t15-,17-/m0/s1. The lowest BCUT2D eigenvalue weighted by Crippen LogP contribution is -2.42. The van der Waals surface area contributed by atoms with Crippen molar-refractivity contribution < 1.29 is 14.6 Å². The molecule has 1 aromatic rings. The zero-order valence-electron chi connectivity index (χ0n) is 13.4. The summed E-state index contributed by atoms with van der Waals surface area (Å²) in [6.07, 6.45) is 3.35. The van der Waals surface area contributed by atoms with E-state index in [1.54, 1.807) is 7.11 Å². The summed E-state index contributed by atoms with van der Waals surface area (Å²) in [6, 6.07) is 6.06. The summed E-state index contributed by atoms with van der Waals surface area (Å²) in [5.41, 5.74) is 1.06. The minimum Gasteiger partial charge on any atom is -0.497 e. The molecule has 0 amide bonds. The van der Waals surface area contributed by atoms with Crippen molar-refractivity contribution in [3.63, 3.8) is 0 Å². The van der Waals surface area contributed by atoms with Crippen molar-refractivity contribution in [2.45, 2.75) is 12.3 Å². The Morgan fingerprint density at radius 3 is 3.09 bits per heavy atom. The average Bonchev–Trinajstić information content (AvgIpc) is 2.94. The second-order valence-electron chi connectivity index (χ2n) is 6.35. The van der Waals surface area contributed by atoms with Crippen LogP contribution < -0.4 is 9.47 Å². The molecule has 3 rings (SSSR count). The number of hydrogen-bond donors (Lipinski definition) is 1. The van der Waals surface area contributed by atoms with Gasteiger partial charge in [0.25, 0.3) is 0 Å². The van der Waals surface area contributed by atoms with Crippen molar-refractivity contribution >= 4 is 11.8 Å². The van der Waals surface area contributed by atoms with Crippen molar-refractivity contribution in [3.8, 4) is 11.5 Å². The van der Waals surface area contributed by atoms with Gasteiger partial charge in [-0.1, -0.05) is 6.07 Å². The summed E-state index contributed by atoms with van der Waals surface area (Å²) in [6.45, 7) is 3.81. The quantitative estimate of drug-likeness (QED) is 0.813. The van der Waals surface area contributed by atoms with Gasteiger partial charge in [0.05, 0.1) is 20.3 Å². The van der Waals surface area contributed by atoms with E-state index >= 15 is 0 Å². The molecule has 4 nitrogen and oxygen atoms in total.